The van der Waals surface area contributed by atoms with Gasteiger partial charge in [-0.15, -0.1) is 24.8 Å². The number of benzene rings is 1. The molecule has 7 nitrogen and oxygen atoms in total. The molecule has 2 N–H and O–H groups in total. The molecule has 0 saturated carbocycles. The van der Waals surface area contributed by atoms with Crippen molar-refractivity contribution in [1.29, 1.82) is 0 Å². The summed E-state index contributed by atoms with van der Waals surface area (Å²) in [5.41, 5.74) is 0.836. The van der Waals surface area contributed by atoms with Gasteiger partial charge < -0.3 is 10.1 Å². The standard InChI is InChI=1S/C16H25N3O4S.2ClH/c1-3-23-16(20)14-5-4-13(2)15(12-14)24(21,22)18-8-11-19-9-6-17-7-10-19;;/h4-5,12,17-18H,3,6-11H2,1-2H3;2*1H. The van der Waals surface area contributed by atoms with Gasteiger partial charge in [-0.1, -0.05) is 6.07 Å². The normalized spacial score (nSPS) is 14.8. The second kappa shape index (κ2) is 11.7. The van der Waals surface area contributed by atoms with Crippen LogP contribution in [-0.2, 0) is 14.8 Å². The molecule has 10 heteroatoms. The number of hydrogen-bond acceptors (Lipinski definition) is 6. The van der Waals surface area contributed by atoms with Crippen molar-refractivity contribution in [3.63, 3.8) is 0 Å². The molecule has 1 saturated heterocycles. The topological polar surface area (TPSA) is 87.7 Å². The van der Waals surface area contributed by atoms with E-state index in [1.165, 1.54) is 6.07 Å². The van der Waals surface area contributed by atoms with Gasteiger partial charge in [0.1, 0.15) is 0 Å². The summed E-state index contributed by atoms with van der Waals surface area (Å²) in [6.45, 7) is 8.35. The van der Waals surface area contributed by atoms with Crippen LogP contribution in [0.2, 0.25) is 0 Å². The zero-order valence-electron chi connectivity index (χ0n) is 15.0. The van der Waals surface area contributed by atoms with Gasteiger partial charge in [-0.25, -0.2) is 17.9 Å². The molecule has 1 aliphatic heterocycles. The molecular formula is C16H27Cl2N3O4S. The number of sulfonamides is 1. The van der Waals surface area contributed by atoms with E-state index in [1.807, 2.05) is 0 Å². The van der Waals surface area contributed by atoms with Crippen LogP contribution in [0.4, 0.5) is 0 Å². The number of esters is 1. The van der Waals surface area contributed by atoms with Crippen LogP contribution in [-0.4, -0.2) is 65.2 Å². The van der Waals surface area contributed by atoms with Crippen LogP contribution < -0.4 is 10.0 Å². The molecule has 1 aromatic carbocycles. The van der Waals surface area contributed by atoms with Crippen LogP contribution in [0.25, 0.3) is 0 Å². The quantitative estimate of drug-likeness (QED) is 0.635. The highest BCUT2D eigenvalue weighted by Gasteiger charge is 2.20. The Hall–Kier alpha value is -0.900. The average molecular weight is 428 g/mol. The third-order valence-corrected chi connectivity index (χ3v) is 5.52. The number of aryl methyl sites for hydroxylation is 1. The van der Waals surface area contributed by atoms with Crippen LogP contribution >= 0.6 is 24.8 Å². The Morgan fingerprint density at radius 3 is 2.54 bits per heavy atom. The van der Waals surface area contributed by atoms with Gasteiger partial charge in [0.25, 0.3) is 0 Å². The van der Waals surface area contributed by atoms with E-state index >= 15 is 0 Å². The van der Waals surface area contributed by atoms with Gasteiger partial charge in [0.05, 0.1) is 17.1 Å². The molecule has 2 rings (SSSR count). The van der Waals surface area contributed by atoms with E-state index in [1.54, 1.807) is 26.0 Å². The summed E-state index contributed by atoms with van der Waals surface area (Å²) in [6, 6.07) is 4.57. The summed E-state index contributed by atoms with van der Waals surface area (Å²) in [7, 11) is -3.66. The predicted molar refractivity (Wildman–Crippen MR) is 106 cm³/mol. The molecule has 1 fully saturated rings. The minimum absolute atomic E-state index is 0. The number of carbonyl (C=O) groups excluding carboxylic acids is 1. The second-order valence-electron chi connectivity index (χ2n) is 5.69. The van der Waals surface area contributed by atoms with Gasteiger partial charge >= 0.3 is 5.97 Å². The maximum absolute atomic E-state index is 12.5. The van der Waals surface area contributed by atoms with E-state index in [9.17, 15) is 13.2 Å². The molecule has 26 heavy (non-hydrogen) atoms. The molecule has 0 bridgehead atoms. The number of rotatable bonds is 7. The number of piperazine rings is 1. The van der Waals surface area contributed by atoms with E-state index in [-0.39, 0.29) is 41.9 Å². The van der Waals surface area contributed by atoms with Crippen molar-refractivity contribution in [2.45, 2.75) is 18.7 Å². The third-order valence-electron chi connectivity index (χ3n) is 3.92. The molecule has 0 spiro atoms. The lowest BCUT2D eigenvalue weighted by Gasteiger charge is -2.27. The minimum atomic E-state index is -3.66. The lowest BCUT2D eigenvalue weighted by atomic mass is 10.1. The Labute approximate surface area is 167 Å². The Kier molecular flexibility index (Phi) is 11.3. The highest BCUT2D eigenvalue weighted by Crippen LogP contribution is 2.17. The smallest absolute Gasteiger partial charge is 0.338 e. The first-order valence-corrected chi connectivity index (χ1v) is 9.63. The Morgan fingerprint density at radius 1 is 1.27 bits per heavy atom. The minimum Gasteiger partial charge on any atom is -0.462 e. The van der Waals surface area contributed by atoms with E-state index in [4.69, 9.17) is 4.74 Å². The fraction of sp³-hybridized carbons (Fsp3) is 0.562. The van der Waals surface area contributed by atoms with E-state index in [0.717, 1.165) is 26.2 Å². The summed E-state index contributed by atoms with van der Waals surface area (Å²) in [6.07, 6.45) is 0. The van der Waals surface area contributed by atoms with Crippen LogP contribution in [0, 0.1) is 6.92 Å². The molecule has 1 aromatic rings. The van der Waals surface area contributed by atoms with Crippen molar-refractivity contribution >= 4 is 40.8 Å². The first kappa shape index (κ1) is 25.1. The molecule has 1 heterocycles. The van der Waals surface area contributed by atoms with Crippen molar-refractivity contribution < 1.29 is 17.9 Å². The lowest BCUT2D eigenvalue weighted by molar-refractivity contribution is 0.0526. The number of nitrogens with one attached hydrogen (secondary N) is 2. The Morgan fingerprint density at radius 2 is 1.92 bits per heavy atom. The summed E-state index contributed by atoms with van der Waals surface area (Å²) in [5.74, 6) is -0.519. The van der Waals surface area contributed by atoms with Crippen molar-refractivity contribution in [3.8, 4) is 0 Å². The summed E-state index contributed by atoms with van der Waals surface area (Å²) in [4.78, 5) is 14.1. The fourth-order valence-corrected chi connectivity index (χ4v) is 3.87. The van der Waals surface area contributed by atoms with Crippen molar-refractivity contribution in [3.05, 3.63) is 29.3 Å². The maximum atomic E-state index is 12.5. The Bertz CT molecular complexity index is 680. The highest BCUT2D eigenvalue weighted by molar-refractivity contribution is 7.89. The van der Waals surface area contributed by atoms with Crippen LogP contribution in [0.15, 0.2) is 23.1 Å². The van der Waals surface area contributed by atoms with E-state index in [0.29, 0.717) is 18.7 Å². The fourth-order valence-electron chi connectivity index (χ4n) is 2.58. The molecule has 0 radical (unpaired) electrons. The zero-order chi connectivity index (χ0) is 17.6. The SMILES string of the molecule is CCOC(=O)c1ccc(C)c(S(=O)(=O)NCCN2CCNCC2)c1.Cl.Cl. The van der Waals surface area contributed by atoms with Gasteiger partial charge in [-0.2, -0.15) is 0 Å². The molecule has 0 aromatic heterocycles. The molecule has 150 valence electrons. The molecule has 0 atom stereocenters. The highest BCUT2D eigenvalue weighted by atomic mass is 35.5. The predicted octanol–water partition coefficient (Wildman–Crippen LogP) is 1.20. The summed E-state index contributed by atoms with van der Waals surface area (Å²) in [5, 5.41) is 3.26. The van der Waals surface area contributed by atoms with Gasteiger partial charge in [-0.3, -0.25) is 4.90 Å². The van der Waals surface area contributed by atoms with E-state index in [2.05, 4.69) is 14.9 Å². The first-order chi connectivity index (χ1) is 11.4. The van der Waals surface area contributed by atoms with E-state index < -0.39 is 16.0 Å². The monoisotopic (exact) mass is 427 g/mol. The summed E-state index contributed by atoms with van der Waals surface area (Å²) < 4.78 is 32.6. The Balaban J connectivity index is 0.00000312. The summed E-state index contributed by atoms with van der Waals surface area (Å²) >= 11 is 0. The van der Waals surface area contributed by atoms with Crippen LogP contribution in [0.3, 0.4) is 0 Å². The maximum Gasteiger partial charge on any atom is 0.338 e. The lowest BCUT2D eigenvalue weighted by Crippen LogP contribution is -2.46. The van der Waals surface area contributed by atoms with Crippen molar-refractivity contribution in [2.75, 3.05) is 45.9 Å². The zero-order valence-corrected chi connectivity index (χ0v) is 17.4. The molecule has 0 amide bonds. The number of ether oxygens (including phenoxy) is 1. The van der Waals surface area contributed by atoms with Gasteiger partial charge in [-0.05, 0) is 31.5 Å². The molecule has 1 aliphatic rings. The number of halogens is 2. The third kappa shape index (κ3) is 7.02. The van der Waals surface area contributed by atoms with Crippen molar-refractivity contribution in [1.82, 2.24) is 14.9 Å². The van der Waals surface area contributed by atoms with Crippen molar-refractivity contribution in [2.24, 2.45) is 0 Å². The largest absolute Gasteiger partial charge is 0.462 e. The van der Waals surface area contributed by atoms with Gasteiger partial charge in [0.2, 0.25) is 10.0 Å². The number of carbonyl (C=O) groups is 1. The molecule has 0 aliphatic carbocycles. The van der Waals surface area contributed by atoms with Crippen LogP contribution in [0.1, 0.15) is 22.8 Å². The van der Waals surface area contributed by atoms with Crippen LogP contribution in [0.5, 0.6) is 0 Å². The molecule has 0 unspecified atom stereocenters. The van der Waals surface area contributed by atoms with Gasteiger partial charge in [0, 0.05) is 39.3 Å². The molecular weight excluding hydrogens is 401 g/mol. The first-order valence-electron chi connectivity index (χ1n) is 8.14. The average Bonchev–Trinajstić information content (AvgIpc) is 2.56. The van der Waals surface area contributed by atoms with Gasteiger partial charge in [0.15, 0.2) is 0 Å². The number of nitrogens with zero attached hydrogens (tertiary/aromatic N) is 1. The second-order valence-corrected chi connectivity index (χ2v) is 7.43. The number of hydrogen-bond donors (Lipinski definition) is 2.